The number of aryl methyl sites for hydroxylation is 1. The molecule has 8 heteroatoms. The summed E-state index contributed by atoms with van der Waals surface area (Å²) in [6.07, 6.45) is 0. The number of aliphatic hydroxyl groups is 2. The molecule has 0 amide bonds. The molecular weight excluding hydrogens is 556 g/mol. The van der Waals surface area contributed by atoms with E-state index in [2.05, 4.69) is 37.0 Å². The average Bonchev–Trinajstić information content (AvgIpc) is 3.04. The highest BCUT2D eigenvalue weighted by Gasteiger charge is 2.17. The highest BCUT2D eigenvalue weighted by Crippen LogP contribution is 2.37. The lowest BCUT2D eigenvalue weighted by Gasteiger charge is -2.20. The first-order valence-electron chi connectivity index (χ1n) is 14.4. The van der Waals surface area contributed by atoms with E-state index >= 15 is 0 Å². The summed E-state index contributed by atoms with van der Waals surface area (Å²) in [6, 6.07) is 24.8. The predicted molar refractivity (Wildman–Crippen MR) is 168 cm³/mol. The molecule has 0 radical (unpaired) electrons. The van der Waals surface area contributed by atoms with Gasteiger partial charge in [0.15, 0.2) is 11.5 Å². The number of fused-ring (bicyclic) bond motifs is 1. The van der Waals surface area contributed by atoms with Crippen LogP contribution in [0.2, 0.25) is 0 Å². The first-order valence-corrected chi connectivity index (χ1v) is 14.4. The predicted octanol–water partition coefficient (Wildman–Crippen LogP) is 6.29. The number of rotatable bonds is 12. The second kappa shape index (κ2) is 14.0. The third kappa shape index (κ3) is 7.14. The summed E-state index contributed by atoms with van der Waals surface area (Å²) in [7, 11) is 0. The summed E-state index contributed by atoms with van der Waals surface area (Å²) in [5, 5.41) is 31.8. The zero-order valence-electron chi connectivity index (χ0n) is 24.9. The van der Waals surface area contributed by atoms with Crippen molar-refractivity contribution in [2.45, 2.75) is 39.6 Å². The van der Waals surface area contributed by atoms with Crippen LogP contribution in [0.5, 0.6) is 23.0 Å². The molecule has 0 bridgehead atoms. The first kappa shape index (κ1) is 30.5. The Kier molecular flexibility index (Phi) is 9.70. The molecule has 0 saturated carbocycles. The monoisotopic (exact) mass is 592 g/mol. The van der Waals surface area contributed by atoms with E-state index in [9.17, 15) is 15.5 Å². The molecular formula is C36H36N2O6. The minimum Gasteiger partial charge on any atom is -0.511 e. The molecule has 5 rings (SSSR count). The Morgan fingerprint density at radius 3 is 2.48 bits per heavy atom. The van der Waals surface area contributed by atoms with Crippen molar-refractivity contribution in [3.8, 4) is 40.2 Å². The number of hydrogen-bond acceptors (Lipinski definition) is 8. The molecule has 8 nitrogen and oxygen atoms in total. The van der Waals surface area contributed by atoms with Crippen LogP contribution in [-0.4, -0.2) is 36.1 Å². The van der Waals surface area contributed by atoms with Crippen LogP contribution in [0.25, 0.3) is 11.1 Å². The highest BCUT2D eigenvalue weighted by atomic mass is 16.6. The average molecular weight is 593 g/mol. The number of aliphatic hydroxyl groups excluding tert-OH is 2. The maximum atomic E-state index is 9.80. The standard InChI is InChI=1S/C36H36N2O6/c1-23-14-30(19-38-32(20-39)25(3)40)35(43-21-27-7-4-6-26(15-27)18-37)17-34(23)44-22-29-8-5-9-31(24(29)2)28-10-11-33-36(16-28)42-13-12-41-33/h4-11,14-17,32,38-40H,3,12-13,19-22H2,1-2H3/t32-/m1/s1. The topological polar surface area (TPSA) is 113 Å². The molecule has 1 aliphatic rings. The molecule has 0 saturated heterocycles. The van der Waals surface area contributed by atoms with Crippen molar-refractivity contribution in [2.75, 3.05) is 19.8 Å². The summed E-state index contributed by atoms with van der Waals surface area (Å²) < 4.78 is 24.1. The molecule has 0 fully saturated rings. The SMILES string of the molecule is C=C(O)[C@@H](CO)NCc1cc(C)c(OCc2cccc(-c3ccc4c(c3)OCCO4)c2C)cc1OCc1cccc(C#N)c1. The van der Waals surface area contributed by atoms with Gasteiger partial charge in [-0.25, -0.2) is 0 Å². The van der Waals surface area contributed by atoms with Gasteiger partial charge in [0, 0.05) is 18.2 Å². The zero-order chi connectivity index (χ0) is 31.1. The number of nitrogens with one attached hydrogen (secondary N) is 1. The van der Waals surface area contributed by atoms with Crippen molar-refractivity contribution in [2.24, 2.45) is 0 Å². The van der Waals surface area contributed by atoms with Crippen LogP contribution < -0.4 is 24.3 Å². The van der Waals surface area contributed by atoms with Gasteiger partial charge in [0.1, 0.15) is 43.7 Å². The Morgan fingerprint density at radius 1 is 0.932 bits per heavy atom. The van der Waals surface area contributed by atoms with Gasteiger partial charge >= 0.3 is 0 Å². The fraction of sp³-hybridized carbons (Fsp3) is 0.250. The summed E-state index contributed by atoms with van der Waals surface area (Å²) in [5.74, 6) is 2.62. The lowest BCUT2D eigenvalue weighted by molar-refractivity contribution is 0.171. The molecule has 4 aromatic rings. The maximum Gasteiger partial charge on any atom is 0.161 e. The highest BCUT2D eigenvalue weighted by molar-refractivity contribution is 5.71. The quantitative estimate of drug-likeness (QED) is 0.165. The minimum absolute atomic E-state index is 0.145. The third-order valence-corrected chi connectivity index (χ3v) is 7.61. The second-order valence-electron chi connectivity index (χ2n) is 10.7. The Hall–Kier alpha value is -4.97. The van der Waals surface area contributed by atoms with Gasteiger partial charge in [-0.2, -0.15) is 5.26 Å². The molecule has 0 spiro atoms. The van der Waals surface area contributed by atoms with E-state index in [1.165, 1.54) is 0 Å². The van der Waals surface area contributed by atoms with Crippen LogP contribution in [0.3, 0.4) is 0 Å². The molecule has 226 valence electrons. The van der Waals surface area contributed by atoms with Crippen LogP contribution in [0, 0.1) is 25.2 Å². The smallest absolute Gasteiger partial charge is 0.161 e. The van der Waals surface area contributed by atoms with E-state index in [1.54, 1.807) is 12.1 Å². The van der Waals surface area contributed by atoms with Gasteiger partial charge in [-0.3, -0.25) is 0 Å². The lowest BCUT2D eigenvalue weighted by atomic mass is 9.96. The Morgan fingerprint density at radius 2 is 1.70 bits per heavy atom. The summed E-state index contributed by atoms with van der Waals surface area (Å²) >= 11 is 0. The fourth-order valence-electron chi connectivity index (χ4n) is 5.09. The zero-order valence-corrected chi connectivity index (χ0v) is 24.9. The molecule has 0 aromatic heterocycles. The van der Waals surface area contributed by atoms with E-state index in [0.29, 0.717) is 43.4 Å². The van der Waals surface area contributed by atoms with E-state index in [0.717, 1.165) is 50.4 Å². The van der Waals surface area contributed by atoms with Gasteiger partial charge in [0.05, 0.1) is 24.3 Å². The lowest BCUT2D eigenvalue weighted by Crippen LogP contribution is -2.33. The Labute approximate surface area is 257 Å². The van der Waals surface area contributed by atoms with Crippen LogP contribution in [0.4, 0.5) is 0 Å². The molecule has 3 N–H and O–H groups in total. The summed E-state index contributed by atoms with van der Waals surface area (Å²) in [5.41, 5.74) is 7.43. The number of ether oxygens (including phenoxy) is 4. The van der Waals surface area contributed by atoms with Gasteiger partial charge in [0.2, 0.25) is 0 Å². The minimum atomic E-state index is -0.671. The second-order valence-corrected chi connectivity index (χ2v) is 10.7. The largest absolute Gasteiger partial charge is 0.511 e. The van der Waals surface area contributed by atoms with Crippen LogP contribution in [0.1, 0.15) is 33.4 Å². The van der Waals surface area contributed by atoms with E-state index in [1.807, 2.05) is 55.5 Å². The van der Waals surface area contributed by atoms with E-state index in [4.69, 9.17) is 18.9 Å². The van der Waals surface area contributed by atoms with Crippen LogP contribution >= 0.6 is 0 Å². The van der Waals surface area contributed by atoms with Crippen molar-refractivity contribution in [3.63, 3.8) is 0 Å². The first-order chi connectivity index (χ1) is 21.4. The van der Waals surface area contributed by atoms with Crippen molar-refractivity contribution in [1.82, 2.24) is 5.32 Å². The molecule has 0 unspecified atom stereocenters. The van der Waals surface area contributed by atoms with Gasteiger partial charge in [-0.05, 0) is 77.6 Å². The normalized spacial score (nSPS) is 12.7. The van der Waals surface area contributed by atoms with Crippen molar-refractivity contribution < 1.29 is 29.2 Å². The number of hydrogen-bond donors (Lipinski definition) is 3. The molecule has 4 aromatic carbocycles. The Bertz CT molecular complexity index is 1690. The summed E-state index contributed by atoms with van der Waals surface area (Å²) in [6.45, 7) is 9.29. The molecule has 44 heavy (non-hydrogen) atoms. The molecule has 1 atom stereocenters. The maximum absolute atomic E-state index is 9.80. The summed E-state index contributed by atoms with van der Waals surface area (Å²) in [4.78, 5) is 0. The molecule has 0 aliphatic carbocycles. The number of nitriles is 1. The molecule has 1 aliphatic heterocycles. The van der Waals surface area contributed by atoms with Gasteiger partial charge < -0.3 is 34.5 Å². The van der Waals surface area contributed by atoms with Crippen molar-refractivity contribution >= 4 is 0 Å². The van der Waals surface area contributed by atoms with E-state index in [-0.39, 0.29) is 19.0 Å². The third-order valence-electron chi connectivity index (χ3n) is 7.61. The van der Waals surface area contributed by atoms with Gasteiger partial charge in [0.25, 0.3) is 0 Å². The number of nitrogens with zero attached hydrogens (tertiary/aromatic N) is 1. The van der Waals surface area contributed by atoms with Gasteiger partial charge in [-0.15, -0.1) is 0 Å². The van der Waals surface area contributed by atoms with Gasteiger partial charge in [-0.1, -0.05) is 43.0 Å². The van der Waals surface area contributed by atoms with E-state index < -0.39 is 6.04 Å². The van der Waals surface area contributed by atoms with Crippen LogP contribution in [-0.2, 0) is 19.8 Å². The number of benzene rings is 4. The molecule has 1 heterocycles. The fourth-order valence-corrected chi connectivity index (χ4v) is 5.09. The van der Waals surface area contributed by atoms with Crippen LogP contribution in [0.15, 0.2) is 85.1 Å². The van der Waals surface area contributed by atoms with Crippen molar-refractivity contribution in [1.29, 1.82) is 5.26 Å². The van der Waals surface area contributed by atoms with Crippen molar-refractivity contribution in [3.05, 3.63) is 119 Å². The Balaban J connectivity index is 1.37.